The Morgan fingerprint density at radius 3 is 2.52 bits per heavy atom. The number of carbonyl (C=O) groups is 1. The second-order valence-electron chi connectivity index (χ2n) is 4.23. The summed E-state index contributed by atoms with van der Waals surface area (Å²) < 4.78 is 6.88. The van der Waals surface area contributed by atoms with Crippen molar-refractivity contribution >= 4 is 49.1 Å². The summed E-state index contributed by atoms with van der Waals surface area (Å²) in [5.74, 6) is 0.600. The minimum atomic E-state index is -0.128. The molecule has 0 radical (unpaired) electrons. The fraction of sp³-hybridized carbons (Fsp3) is 0.133. The van der Waals surface area contributed by atoms with Gasteiger partial charge in [0.25, 0.3) is 0 Å². The van der Waals surface area contributed by atoms with Crippen LogP contribution in [0.5, 0.6) is 5.75 Å². The lowest BCUT2D eigenvalue weighted by Crippen LogP contribution is -2.22. The molecule has 0 aliphatic rings. The molecule has 2 N–H and O–H groups in total. The van der Waals surface area contributed by atoms with E-state index >= 15 is 0 Å². The number of rotatable bonds is 5. The van der Waals surface area contributed by atoms with Crippen molar-refractivity contribution < 1.29 is 9.53 Å². The third kappa shape index (κ3) is 4.47. The minimum Gasteiger partial charge on any atom is -0.497 e. The number of nitrogens with one attached hydrogen (secondary N) is 2. The molecule has 0 aromatic heterocycles. The Balaban J connectivity index is 1.97. The molecular weight excluding hydrogens is 400 g/mol. The van der Waals surface area contributed by atoms with Crippen molar-refractivity contribution in [1.82, 2.24) is 0 Å². The van der Waals surface area contributed by atoms with Gasteiger partial charge >= 0.3 is 0 Å². The van der Waals surface area contributed by atoms with Gasteiger partial charge in [-0.05, 0) is 56.1 Å². The average Bonchev–Trinajstić information content (AvgIpc) is 2.49. The van der Waals surface area contributed by atoms with Gasteiger partial charge in [-0.1, -0.05) is 12.1 Å². The van der Waals surface area contributed by atoms with Crippen LogP contribution in [-0.4, -0.2) is 19.6 Å². The quantitative estimate of drug-likeness (QED) is 0.769. The van der Waals surface area contributed by atoms with Gasteiger partial charge in [0.05, 0.1) is 25.0 Å². The second kappa shape index (κ2) is 7.47. The molecule has 0 saturated heterocycles. The molecule has 0 heterocycles. The largest absolute Gasteiger partial charge is 0.497 e. The number of anilines is 2. The number of benzene rings is 2. The van der Waals surface area contributed by atoms with Crippen LogP contribution < -0.4 is 15.4 Å². The lowest BCUT2D eigenvalue weighted by molar-refractivity contribution is -0.114. The molecular formula is C15H14Br2N2O2. The van der Waals surface area contributed by atoms with Crippen molar-refractivity contribution in [3.63, 3.8) is 0 Å². The highest BCUT2D eigenvalue weighted by Crippen LogP contribution is 2.27. The van der Waals surface area contributed by atoms with E-state index in [0.717, 1.165) is 26.1 Å². The summed E-state index contributed by atoms with van der Waals surface area (Å²) in [7, 11) is 1.60. The van der Waals surface area contributed by atoms with Crippen LogP contribution in [0.2, 0.25) is 0 Å². The van der Waals surface area contributed by atoms with E-state index in [9.17, 15) is 4.79 Å². The maximum Gasteiger partial charge on any atom is 0.243 e. The molecule has 0 atom stereocenters. The van der Waals surface area contributed by atoms with Crippen LogP contribution in [0.4, 0.5) is 11.4 Å². The zero-order chi connectivity index (χ0) is 15.2. The summed E-state index contributed by atoms with van der Waals surface area (Å²) >= 11 is 6.82. The number of carbonyl (C=O) groups excluding carboxylic acids is 1. The Hall–Kier alpha value is -1.53. The van der Waals surface area contributed by atoms with E-state index in [1.165, 1.54) is 0 Å². The fourth-order valence-electron chi connectivity index (χ4n) is 1.70. The highest BCUT2D eigenvalue weighted by molar-refractivity contribution is 9.11. The highest BCUT2D eigenvalue weighted by atomic mass is 79.9. The first-order valence-corrected chi connectivity index (χ1v) is 7.80. The van der Waals surface area contributed by atoms with Gasteiger partial charge in [0, 0.05) is 15.0 Å². The van der Waals surface area contributed by atoms with Gasteiger partial charge in [-0.25, -0.2) is 0 Å². The third-order valence-electron chi connectivity index (χ3n) is 2.76. The molecule has 0 unspecified atom stereocenters. The molecule has 1 amide bonds. The number of hydrogen-bond donors (Lipinski definition) is 2. The maximum absolute atomic E-state index is 12.0. The van der Waals surface area contributed by atoms with E-state index in [4.69, 9.17) is 4.74 Å². The maximum atomic E-state index is 12.0. The van der Waals surface area contributed by atoms with E-state index < -0.39 is 0 Å². The molecule has 0 aliphatic heterocycles. The van der Waals surface area contributed by atoms with Crippen molar-refractivity contribution in [1.29, 1.82) is 0 Å². The van der Waals surface area contributed by atoms with E-state index in [1.54, 1.807) is 7.11 Å². The Morgan fingerprint density at radius 2 is 1.81 bits per heavy atom. The summed E-state index contributed by atoms with van der Waals surface area (Å²) in [6.45, 7) is 0.160. The summed E-state index contributed by atoms with van der Waals surface area (Å²) in [6.07, 6.45) is 0. The molecule has 0 bridgehead atoms. The topological polar surface area (TPSA) is 50.4 Å². The zero-order valence-corrected chi connectivity index (χ0v) is 14.5. The van der Waals surface area contributed by atoms with Crippen LogP contribution in [-0.2, 0) is 4.79 Å². The van der Waals surface area contributed by atoms with Gasteiger partial charge in [-0.15, -0.1) is 0 Å². The number of halogens is 2. The Bertz CT molecular complexity index is 647. The SMILES string of the molecule is COc1ccc(Br)c(NCC(=O)Nc2ccccc2Br)c1. The van der Waals surface area contributed by atoms with Crippen LogP contribution in [0.3, 0.4) is 0 Å². The first-order chi connectivity index (χ1) is 10.1. The van der Waals surface area contributed by atoms with Crippen LogP contribution in [0.25, 0.3) is 0 Å². The summed E-state index contributed by atoms with van der Waals surface area (Å²) in [5.41, 5.74) is 1.55. The monoisotopic (exact) mass is 412 g/mol. The molecule has 110 valence electrons. The molecule has 2 rings (SSSR count). The molecule has 2 aromatic rings. The number of amides is 1. The van der Waals surface area contributed by atoms with Gasteiger partial charge in [0.15, 0.2) is 0 Å². The number of methoxy groups -OCH3 is 1. The normalized spacial score (nSPS) is 10.0. The first kappa shape index (κ1) is 15.9. The minimum absolute atomic E-state index is 0.128. The van der Waals surface area contributed by atoms with Gasteiger partial charge < -0.3 is 15.4 Å². The van der Waals surface area contributed by atoms with Crippen molar-refractivity contribution in [3.8, 4) is 5.75 Å². The zero-order valence-electron chi connectivity index (χ0n) is 11.3. The lowest BCUT2D eigenvalue weighted by Gasteiger charge is -2.11. The molecule has 4 nitrogen and oxygen atoms in total. The smallest absolute Gasteiger partial charge is 0.243 e. The standard InChI is InChI=1S/C15H14Br2N2O2/c1-21-10-6-7-12(17)14(8-10)18-9-15(20)19-13-5-3-2-4-11(13)16/h2-8,18H,9H2,1H3,(H,19,20). The van der Waals surface area contributed by atoms with E-state index in [2.05, 4.69) is 42.5 Å². The molecule has 21 heavy (non-hydrogen) atoms. The molecule has 0 aliphatic carbocycles. The van der Waals surface area contributed by atoms with Gasteiger partial charge in [0.1, 0.15) is 5.75 Å². The second-order valence-corrected chi connectivity index (χ2v) is 5.94. The molecule has 2 aromatic carbocycles. The van der Waals surface area contributed by atoms with Crippen molar-refractivity contribution in [2.75, 3.05) is 24.3 Å². The van der Waals surface area contributed by atoms with Crippen molar-refractivity contribution in [2.45, 2.75) is 0 Å². The summed E-state index contributed by atoms with van der Waals surface area (Å²) in [4.78, 5) is 12.0. The first-order valence-electron chi connectivity index (χ1n) is 6.22. The van der Waals surface area contributed by atoms with Crippen LogP contribution >= 0.6 is 31.9 Å². The van der Waals surface area contributed by atoms with E-state index in [1.807, 2.05) is 42.5 Å². The predicted octanol–water partition coefficient (Wildman–Crippen LogP) is 4.27. The highest BCUT2D eigenvalue weighted by Gasteiger charge is 2.07. The van der Waals surface area contributed by atoms with Crippen LogP contribution in [0.1, 0.15) is 0 Å². The summed E-state index contributed by atoms with van der Waals surface area (Å²) in [6, 6.07) is 13.0. The van der Waals surface area contributed by atoms with Crippen LogP contribution in [0, 0.1) is 0 Å². The Kier molecular flexibility index (Phi) is 5.64. The van der Waals surface area contributed by atoms with Gasteiger partial charge in [-0.2, -0.15) is 0 Å². The predicted molar refractivity (Wildman–Crippen MR) is 92.0 cm³/mol. The lowest BCUT2D eigenvalue weighted by atomic mass is 10.3. The average molecular weight is 414 g/mol. The molecule has 6 heteroatoms. The summed E-state index contributed by atoms with van der Waals surface area (Å²) in [5, 5.41) is 5.91. The Labute approximate surface area is 140 Å². The molecule has 0 saturated carbocycles. The Morgan fingerprint density at radius 1 is 1.10 bits per heavy atom. The molecule has 0 fully saturated rings. The number of para-hydroxylation sites is 1. The van der Waals surface area contributed by atoms with Crippen molar-refractivity contribution in [2.24, 2.45) is 0 Å². The van der Waals surface area contributed by atoms with E-state index in [0.29, 0.717) is 0 Å². The number of ether oxygens (including phenoxy) is 1. The molecule has 0 spiro atoms. The van der Waals surface area contributed by atoms with Crippen molar-refractivity contribution in [3.05, 3.63) is 51.4 Å². The van der Waals surface area contributed by atoms with Gasteiger partial charge in [0.2, 0.25) is 5.91 Å². The van der Waals surface area contributed by atoms with E-state index in [-0.39, 0.29) is 12.5 Å². The van der Waals surface area contributed by atoms with Crippen LogP contribution in [0.15, 0.2) is 51.4 Å². The number of hydrogen-bond acceptors (Lipinski definition) is 3. The third-order valence-corrected chi connectivity index (χ3v) is 4.14. The van der Waals surface area contributed by atoms with Gasteiger partial charge in [-0.3, -0.25) is 4.79 Å². The fourth-order valence-corrected chi connectivity index (χ4v) is 2.47.